The van der Waals surface area contributed by atoms with Crippen molar-refractivity contribution in [3.8, 4) is 17.0 Å². The minimum atomic E-state index is 0.275. The first kappa shape index (κ1) is 9.93. The molecule has 0 bridgehead atoms. The maximum atomic E-state index is 5.79. The van der Waals surface area contributed by atoms with Gasteiger partial charge in [0.2, 0.25) is 0 Å². The number of ether oxygens (including phenoxy) is 1. The molecule has 0 amide bonds. The minimum absolute atomic E-state index is 0.275. The Morgan fingerprint density at radius 1 is 1.13 bits per heavy atom. The van der Waals surface area contributed by atoms with Crippen molar-refractivity contribution in [3.05, 3.63) is 41.6 Å². The van der Waals surface area contributed by atoms with Gasteiger partial charge in [0.15, 0.2) is 10.9 Å². The third kappa shape index (κ3) is 2.07. The Balaban J connectivity index is 2.46. The molecular formula is C11H9ClN2O. The zero-order valence-electron chi connectivity index (χ0n) is 8.14. The molecule has 76 valence electrons. The second-order valence-corrected chi connectivity index (χ2v) is 3.31. The van der Waals surface area contributed by atoms with E-state index in [-0.39, 0.29) is 5.15 Å². The van der Waals surface area contributed by atoms with Gasteiger partial charge in [-0.25, -0.2) is 0 Å². The third-order valence-corrected chi connectivity index (χ3v) is 2.27. The first-order valence-corrected chi connectivity index (χ1v) is 4.81. The van der Waals surface area contributed by atoms with E-state index < -0.39 is 0 Å². The smallest absolute Gasteiger partial charge is 0.193 e. The average Bonchev–Trinajstić information content (AvgIpc) is 2.31. The van der Waals surface area contributed by atoms with Crippen molar-refractivity contribution in [1.29, 1.82) is 0 Å². The lowest BCUT2D eigenvalue weighted by Crippen LogP contribution is -1.92. The highest BCUT2D eigenvalue weighted by Crippen LogP contribution is 2.25. The Labute approximate surface area is 92.7 Å². The van der Waals surface area contributed by atoms with Crippen LogP contribution in [0.1, 0.15) is 0 Å². The average molecular weight is 221 g/mol. The molecule has 2 aromatic rings. The molecule has 0 spiro atoms. The lowest BCUT2D eigenvalue weighted by Gasteiger charge is -2.04. The fourth-order valence-corrected chi connectivity index (χ4v) is 1.42. The second kappa shape index (κ2) is 4.28. The summed E-state index contributed by atoms with van der Waals surface area (Å²) >= 11 is 5.79. The summed E-state index contributed by atoms with van der Waals surface area (Å²) in [6.45, 7) is 0. The van der Waals surface area contributed by atoms with E-state index in [9.17, 15) is 0 Å². The Hall–Kier alpha value is -1.61. The van der Waals surface area contributed by atoms with Crippen LogP contribution >= 0.6 is 11.6 Å². The summed E-state index contributed by atoms with van der Waals surface area (Å²) in [5.74, 6) is 0.533. The Kier molecular flexibility index (Phi) is 2.83. The van der Waals surface area contributed by atoms with E-state index in [4.69, 9.17) is 16.3 Å². The molecular weight excluding hydrogens is 212 g/mol. The van der Waals surface area contributed by atoms with Gasteiger partial charge in [0.1, 0.15) is 0 Å². The number of benzene rings is 1. The zero-order chi connectivity index (χ0) is 10.7. The normalized spacial score (nSPS) is 10.0. The molecule has 15 heavy (non-hydrogen) atoms. The van der Waals surface area contributed by atoms with Crippen LogP contribution in [-0.2, 0) is 0 Å². The molecule has 3 nitrogen and oxygen atoms in total. The van der Waals surface area contributed by atoms with Gasteiger partial charge in [-0.05, 0) is 0 Å². The van der Waals surface area contributed by atoms with Crippen LogP contribution in [0.15, 0.2) is 36.4 Å². The van der Waals surface area contributed by atoms with Crippen LogP contribution in [0.25, 0.3) is 11.3 Å². The molecule has 4 heteroatoms. The minimum Gasteiger partial charge on any atom is -0.493 e. The molecule has 0 saturated heterocycles. The highest BCUT2D eigenvalue weighted by Gasteiger charge is 2.06. The van der Waals surface area contributed by atoms with Gasteiger partial charge in [0.25, 0.3) is 0 Å². The lowest BCUT2D eigenvalue weighted by atomic mass is 10.1. The summed E-state index contributed by atoms with van der Waals surface area (Å²) in [5.41, 5.74) is 1.73. The van der Waals surface area contributed by atoms with Gasteiger partial charge in [-0.1, -0.05) is 41.9 Å². The number of hydrogen-bond acceptors (Lipinski definition) is 3. The van der Waals surface area contributed by atoms with E-state index in [1.165, 1.54) is 0 Å². The van der Waals surface area contributed by atoms with Crippen molar-refractivity contribution < 1.29 is 4.74 Å². The lowest BCUT2D eigenvalue weighted by molar-refractivity contribution is 0.412. The van der Waals surface area contributed by atoms with E-state index in [1.807, 2.05) is 30.3 Å². The number of halogens is 1. The number of nitrogens with zero attached hydrogens (tertiary/aromatic N) is 2. The topological polar surface area (TPSA) is 35.0 Å². The van der Waals surface area contributed by atoms with Crippen LogP contribution in [0.3, 0.4) is 0 Å². The second-order valence-electron chi connectivity index (χ2n) is 2.95. The van der Waals surface area contributed by atoms with E-state index in [2.05, 4.69) is 10.2 Å². The molecule has 0 atom stereocenters. The molecule has 0 radical (unpaired) electrons. The van der Waals surface area contributed by atoms with Crippen LogP contribution < -0.4 is 4.74 Å². The Morgan fingerprint density at radius 3 is 2.53 bits per heavy atom. The molecule has 0 saturated carbocycles. The van der Waals surface area contributed by atoms with Crippen LogP contribution in [0.2, 0.25) is 5.15 Å². The largest absolute Gasteiger partial charge is 0.493 e. The molecule has 0 N–H and O–H groups in total. The molecule has 1 heterocycles. The summed E-state index contributed by atoms with van der Waals surface area (Å²) in [5, 5.41) is 8.09. The summed E-state index contributed by atoms with van der Waals surface area (Å²) in [4.78, 5) is 0. The van der Waals surface area contributed by atoms with E-state index in [0.29, 0.717) is 5.75 Å². The molecule has 1 aromatic heterocycles. The van der Waals surface area contributed by atoms with Crippen molar-refractivity contribution in [3.63, 3.8) is 0 Å². The maximum absolute atomic E-state index is 5.79. The van der Waals surface area contributed by atoms with Crippen molar-refractivity contribution in [2.24, 2.45) is 0 Å². The van der Waals surface area contributed by atoms with Gasteiger partial charge in [-0.3, -0.25) is 0 Å². The zero-order valence-corrected chi connectivity index (χ0v) is 8.90. The highest BCUT2D eigenvalue weighted by atomic mass is 35.5. The highest BCUT2D eigenvalue weighted by molar-refractivity contribution is 6.30. The van der Waals surface area contributed by atoms with Crippen LogP contribution in [0, 0.1) is 0 Å². The molecule has 0 unspecified atom stereocenters. The van der Waals surface area contributed by atoms with E-state index >= 15 is 0 Å². The third-order valence-electron chi connectivity index (χ3n) is 2.01. The Morgan fingerprint density at radius 2 is 1.87 bits per heavy atom. The van der Waals surface area contributed by atoms with Crippen LogP contribution in [-0.4, -0.2) is 17.3 Å². The number of aromatic nitrogens is 2. The van der Waals surface area contributed by atoms with Crippen molar-refractivity contribution >= 4 is 11.6 Å². The summed E-state index contributed by atoms with van der Waals surface area (Å²) < 4.78 is 5.07. The molecule has 2 rings (SSSR count). The SMILES string of the molecule is COc1cc(-c2ccccc2)nnc1Cl. The van der Waals surface area contributed by atoms with E-state index in [1.54, 1.807) is 13.2 Å². The summed E-state index contributed by atoms with van der Waals surface area (Å²) in [6, 6.07) is 11.5. The standard InChI is InChI=1S/C11H9ClN2O/c1-15-10-7-9(13-14-11(10)12)8-5-3-2-4-6-8/h2-7H,1H3. The van der Waals surface area contributed by atoms with Gasteiger partial charge >= 0.3 is 0 Å². The molecule has 0 aliphatic carbocycles. The predicted octanol–water partition coefficient (Wildman–Crippen LogP) is 2.81. The quantitative estimate of drug-likeness (QED) is 0.781. The van der Waals surface area contributed by atoms with E-state index in [0.717, 1.165) is 11.3 Å². The van der Waals surface area contributed by atoms with Crippen molar-refractivity contribution in [1.82, 2.24) is 10.2 Å². The van der Waals surface area contributed by atoms with Gasteiger partial charge in [-0.2, -0.15) is 0 Å². The number of methoxy groups -OCH3 is 1. The molecule has 0 fully saturated rings. The fraction of sp³-hybridized carbons (Fsp3) is 0.0909. The molecule has 0 aliphatic heterocycles. The first-order chi connectivity index (χ1) is 7.31. The fourth-order valence-electron chi connectivity index (χ4n) is 1.25. The van der Waals surface area contributed by atoms with Gasteiger partial charge in [0, 0.05) is 11.6 Å². The Bertz CT molecular complexity index is 459. The number of hydrogen-bond donors (Lipinski definition) is 0. The van der Waals surface area contributed by atoms with Crippen molar-refractivity contribution in [2.45, 2.75) is 0 Å². The number of rotatable bonds is 2. The summed E-state index contributed by atoms with van der Waals surface area (Å²) in [7, 11) is 1.55. The van der Waals surface area contributed by atoms with Gasteiger partial charge < -0.3 is 4.74 Å². The summed E-state index contributed by atoms with van der Waals surface area (Å²) in [6.07, 6.45) is 0. The molecule has 0 aliphatic rings. The monoisotopic (exact) mass is 220 g/mol. The van der Waals surface area contributed by atoms with Crippen LogP contribution in [0.4, 0.5) is 0 Å². The van der Waals surface area contributed by atoms with Gasteiger partial charge in [0.05, 0.1) is 12.8 Å². The molecule has 1 aromatic carbocycles. The maximum Gasteiger partial charge on any atom is 0.193 e. The predicted molar refractivity (Wildman–Crippen MR) is 59.0 cm³/mol. The van der Waals surface area contributed by atoms with Crippen LogP contribution in [0.5, 0.6) is 5.75 Å². The van der Waals surface area contributed by atoms with Crippen molar-refractivity contribution in [2.75, 3.05) is 7.11 Å². The van der Waals surface area contributed by atoms with Gasteiger partial charge in [-0.15, -0.1) is 10.2 Å². The first-order valence-electron chi connectivity index (χ1n) is 4.44.